The molecule has 0 aromatic heterocycles. The molecule has 0 saturated heterocycles. The normalized spacial score (nSPS) is 18.9. The van der Waals surface area contributed by atoms with Gasteiger partial charge >= 0.3 is 5.97 Å². The number of rotatable bonds is 4. The lowest BCUT2D eigenvalue weighted by Gasteiger charge is -2.19. The van der Waals surface area contributed by atoms with Crippen LogP contribution in [0, 0.1) is 11.7 Å². The summed E-state index contributed by atoms with van der Waals surface area (Å²) in [4.78, 5) is 23.8. The van der Waals surface area contributed by atoms with E-state index in [0.717, 1.165) is 12.8 Å². The van der Waals surface area contributed by atoms with E-state index >= 15 is 0 Å². The molecule has 1 aliphatic rings. The maximum absolute atomic E-state index is 12.8. The summed E-state index contributed by atoms with van der Waals surface area (Å²) in [5, 5.41) is 2.58. The van der Waals surface area contributed by atoms with Crippen LogP contribution in [-0.4, -0.2) is 18.0 Å². The lowest BCUT2D eigenvalue weighted by molar-refractivity contribution is -0.157. The van der Waals surface area contributed by atoms with Crippen molar-refractivity contribution in [2.45, 2.75) is 32.3 Å². The monoisotopic (exact) mass is 291 g/mol. The van der Waals surface area contributed by atoms with E-state index in [1.165, 1.54) is 31.2 Å². The van der Waals surface area contributed by atoms with Crippen molar-refractivity contribution in [1.29, 1.82) is 0 Å². The van der Waals surface area contributed by atoms with Gasteiger partial charge in [-0.25, -0.2) is 4.39 Å². The van der Waals surface area contributed by atoms with Crippen molar-refractivity contribution in [1.82, 2.24) is 0 Å². The first-order valence-corrected chi connectivity index (χ1v) is 6.98. The SMILES string of the molecule is C[C@H](OC(=O)[C@@H]1CC=CCC1)C(=O)Nc1ccc(F)cc1. The summed E-state index contributed by atoms with van der Waals surface area (Å²) in [5.74, 6) is -1.32. The highest BCUT2D eigenvalue weighted by molar-refractivity contribution is 5.95. The number of carbonyl (C=O) groups excluding carboxylic acids is 2. The van der Waals surface area contributed by atoms with Crippen LogP contribution in [-0.2, 0) is 14.3 Å². The number of halogens is 1. The fourth-order valence-corrected chi connectivity index (χ4v) is 2.11. The van der Waals surface area contributed by atoms with Crippen LogP contribution in [0.1, 0.15) is 26.2 Å². The van der Waals surface area contributed by atoms with Gasteiger partial charge in [0.05, 0.1) is 5.92 Å². The fraction of sp³-hybridized carbons (Fsp3) is 0.375. The predicted octanol–water partition coefficient (Wildman–Crippen LogP) is 3.05. The van der Waals surface area contributed by atoms with Crippen LogP contribution in [0.4, 0.5) is 10.1 Å². The van der Waals surface area contributed by atoms with Gasteiger partial charge in [-0.15, -0.1) is 0 Å². The number of ether oxygens (including phenoxy) is 1. The first-order valence-electron chi connectivity index (χ1n) is 6.98. The van der Waals surface area contributed by atoms with Crippen molar-refractivity contribution >= 4 is 17.6 Å². The zero-order chi connectivity index (χ0) is 15.2. The van der Waals surface area contributed by atoms with E-state index in [0.29, 0.717) is 12.1 Å². The number of hydrogen-bond acceptors (Lipinski definition) is 3. The molecule has 0 aliphatic heterocycles. The number of allylic oxidation sites excluding steroid dienone is 2. The van der Waals surface area contributed by atoms with Crippen LogP contribution in [0.2, 0.25) is 0 Å². The van der Waals surface area contributed by atoms with Gasteiger partial charge in [-0.05, 0) is 50.5 Å². The first-order chi connectivity index (χ1) is 10.1. The summed E-state index contributed by atoms with van der Waals surface area (Å²) < 4.78 is 18.0. The molecular weight excluding hydrogens is 273 g/mol. The summed E-state index contributed by atoms with van der Waals surface area (Å²) >= 11 is 0. The molecule has 1 N–H and O–H groups in total. The van der Waals surface area contributed by atoms with Crippen LogP contribution >= 0.6 is 0 Å². The number of nitrogens with one attached hydrogen (secondary N) is 1. The third-order valence-corrected chi connectivity index (χ3v) is 3.38. The number of carbonyl (C=O) groups is 2. The van der Waals surface area contributed by atoms with Crippen molar-refractivity contribution in [3.8, 4) is 0 Å². The van der Waals surface area contributed by atoms with Crippen LogP contribution < -0.4 is 5.32 Å². The minimum absolute atomic E-state index is 0.170. The van der Waals surface area contributed by atoms with Crippen LogP contribution in [0.3, 0.4) is 0 Å². The molecular formula is C16H18FNO3. The van der Waals surface area contributed by atoms with Crippen LogP contribution in [0.15, 0.2) is 36.4 Å². The molecule has 1 amide bonds. The third-order valence-electron chi connectivity index (χ3n) is 3.38. The molecule has 21 heavy (non-hydrogen) atoms. The van der Waals surface area contributed by atoms with Crippen molar-refractivity contribution in [3.05, 3.63) is 42.2 Å². The third kappa shape index (κ3) is 4.41. The Balaban J connectivity index is 1.85. The molecule has 0 saturated carbocycles. The molecule has 1 aromatic rings. The number of anilines is 1. The van der Waals surface area contributed by atoms with E-state index < -0.39 is 12.0 Å². The maximum atomic E-state index is 12.8. The zero-order valence-electron chi connectivity index (χ0n) is 11.8. The van der Waals surface area contributed by atoms with Crippen molar-refractivity contribution in [2.75, 3.05) is 5.32 Å². The van der Waals surface area contributed by atoms with Crippen LogP contribution in [0.5, 0.6) is 0 Å². The van der Waals surface area contributed by atoms with E-state index in [1.54, 1.807) is 0 Å². The minimum atomic E-state index is -0.881. The van der Waals surface area contributed by atoms with Gasteiger partial charge in [0.15, 0.2) is 6.10 Å². The van der Waals surface area contributed by atoms with Gasteiger partial charge in [0.2, 0.25) is 0 Å². The molecule has 112 valence electrons. The average Bonchev–Trinajstić information content (AvgIpc) is 2.50. The zero-order valence-corrected chi connectivity index (χ0v) is 11.8. The fourth-order valence-electron chi connectivity index (χ4n) is 2.11. The largest absolute Gasteiger partial charge is 0.452 e. The molecule has 0 bridgehead atoms. The Kier molecular flexibility index (Phi) is 5.09. The highest BCUT2D eigenvalue weighted by atomic mass is 19.1. The summed E-state index contributed by atoms with van der Waals surface area (Å²) in [6.45, 7) is 1.52. The van der Waals surface area contributed by atoms with E-state index in [-0.39, 0.29) is 17.7 Å². The van der Waals surface area contributed by atoms with Gasteiger partial charge in [-0.3, -0.25) is 9.59 Å². The molecule has 2 atom stereocenters. The van der Waals surface area contributed by atoms with E-state index in [1.807, 2.05) is 12.2 Å². The lowest BCUT2D eigenvalue weighted by Crippen LogP contribution is -2.32. The second-order valence-electron chi connectivity index (χ2n) is 5.06. The number of amides is 1. The molecule has 1 aliphatic carbocycles. The lowest BCUT2D eigenvalue weighted by atomic mass is 9.95. The van der Waals surface area contributed by atoms with Crippen molar-refractivity contribution in [3.63, 3.8) is 0 Å². The van der Waals surface area contributed by atoms with E-state index in [4.69, 9.17) is 4.74 Å². The molecule has 0 heterocycles. The Morgan fingerprint density at radius 3 is 2.62 bits per heavy atom. The Labute approximate surface area is 123 Å². The molecule has 1 aromatic carbocycles. The van der Waals surface area contributed by atoms with Gasteiger partial charge in [0.25, 0.3) is 5.91 Å². The van der Waals surface area contributed by atoms with Gasteiger partial charge < -0.3 is 10.1 Å². The molecule has 5 heteroatoms. The average molecular weight is 291 g/mol. The Hall–Kier alpha value is -2.17. The molecule has 4 nitrogen and oxygen atoms in total. The summed E-state index contributed by atoms with van der Waals surface area (Å²) in [6, 6.07) is 5.41. The number of esters is 1. The molecule has 0 fully saturated rings. The predicted molar refractivity (Wildman–Crippen MR) is 77.1 cm³/mol. The molecule has 0 unspecified atom stereocenters. The molecule has 2 rings (SSSR count). The van der Waals surface area contributed by atoms with Crippen molar-refractivity contribution < 1.29 is 18.7 Å². The van der Waals surface area contributed by atoms with Gasteiger partial charge in [0.1, 0.15) is 5.82 Å². The van der Waals surface area contributed by atoms with E-state index in [2.05, 4.69) is 5.32 Å². The summed E-state index contributed by atoms with van der Waals surface area (Å²) in [5.41, 5.74) is 0.463. The Morgan fingerprint density at radius 2 is 2.00 bits per heavy atom. The topological polar surface area (TPSA) is 55.4 Å². The Bertz CT molecular complexity index is 539. The first kappa shape index (κ1) is 15.2. The summed E-state index contributed by atoms with van der Waals surface area (Å²) in [7, 11) is 0. The minimum Gasteiger partial charge on any atom is -0.452 e. The molecule has 0 radical (unpaired) electrons. The van der Waals surface area contributed by atoms with Gasteiger partial charge in [-0.2, -0.15) is 0 Å². The van der Waals surface area contributed by atoms with Gasteiger partial charge in [0, 0.05) is 5.69 Å². The highest BCUT2D eigenvalue weighted by Crippen LogP contribution is 2.20. The standard InChI is InChI=1S/C16H18FNO3/c1-11(21-16(20)12-5-3-2-4-6-12)15(19)18-14-9-7-13(17)8-10-14/h2-3,7-12H,4-6H2,1H3,(H,18,19)/t11-,12+/m0/s1. The van der Waals surface area contributed by atoms with Crippen molar-refractivity contribution in [2.24, 2.45) is 5.92 Å². The quantitative estimate of drug-likeness (QED) is 0.685. The smallest absolute Gasteiger partial charge is 0.310 e. The number of hydrogen-bond donors (Lipinski definition) is 1. The van der Waals surface area contributed by atoms with Gasteiger partial charge in [-0.1, -0.05) is 12.2 Å². The summed E-state index contributed by atoms with van der Waals surface area (Å²) in [6.07, 6.45) is 5.38. The van der Waals surface area contributed by atoms with Crippen LogP contribution in [0.25, 0.3) is 0 Å². The van der Waals surface area contributed by atoms with E-state index in [9.17, 15) is 14.0 Å². The second kappa shape index (κ2) is 7.02. The number of benzene rings is 1. The Morgan fingerprint density at radius 1 is 1.29 bits per heavy atom. The molecule has 0 spiro atoms. The highest BCUT2D eigenvalue weighted by Gasteiger charge is 2.24. The maximum Gasteiger partial charge on any atom is 0.310 e. The second-order valence-corrected chi connectivity index (χ2v) is 5.06.